The number of hydrogen-bond donors (Lipinski definition) is 1. The zero-order valence-electron chi connectivity index (χ0n) is 12.9. The van der Waals surface area contributed by atoms with E-state index in [-0.39, 0.29) is 0 Å². The van der Waals surface area contributed by atoms with Gasteiger partial charge in [0.25, 0.3) is 0 Å². The third-order valence-electron chi connectivity index (χ3n) is 4.95. The number of aryl methyl sites for hydroxylation is 2. The number of fused-ring (bicyclic) bond motifs is 1. The second-order valence-corrected chi connectivity index (χ2v) is 7.37. The third-order valence-corrected chi connectivity index (χ3v) is 5.85. The Bertz CT molecular complexity index is 656. The van der Waals surface area contributed by atoms with E-state index in [2.05, 4.69) is 28.5 Å². The highest BCUT2D eigenvalue weighted by Gasteiger charge is 2.19. The Kier molecular flexibility index (Phi) is 3.89. The van der Waals surface area contributed by atoms with Crippen LogP contribution in [0.1, 0.15) is 36.8 Å². The van der Waals surface area contributed by atoms with Gasteiger partial charge >= 0.3 is 0 Å². The van der Waals surface area contributed by atoms with E-state index in [1.807, 2.05) is 0 Å². The zero-order chi connectivity index (χ0) is 14.9. The van der Waals surface area contributed by atoms with Crippen molar-refractivity contribution in [2.24, 2.45) is 5.73 Å². The normalized spacial score (nSPS) is 19.2. The standard InChI is InChI=1S/C18H23N3S/c19-16-7-9-21(10-8-16)18-20-17(12-22-18)15-6-5-13-3-1-2-4-14(13)11-15/h5-6,11-12,16H,1-4,7-10,19H2. The Labute approximate surface area is 136 Å². The summed E-state index contributed by atoms with van der Waals surface area (Å²) in [5, 5.41) is 3.36. The van der Waals surface area contributed by atoms with Crippen LogP contribution in [-0.2, 0) is 12.8 Å². The van der Waals surface area contributed by atoms with Crippen molar-refractivity contribution in [2.75, 3.05) is 18.0 Å². The molecule has 3 nitrogen and oxygen atoms in total. The van der Waals surface area contributed by atoms with Gasteiger partial charge in [-0.25, -0.2) is 4.98 Å². The second-order valence-electron chi connectivity index (χ2n) is 6.53. The molecule has 0 unspecified atom stereocenters. The summed E-state index contributed by atoms with van der Waals surface area (Å²) in [6.45, 7) is 2.08. The van der Waals surface area contributed by atoms with Crippen molar-refractivity contribution in [3.05, 3.63) is 34.7 Å². The van der Waals surface area contributed by atoms with E-state index in [1.165, 1.54) is 42.4 Å². The van der Waals surface area contributed by atoms with Crippen LogP contribution in [0.2, 0.25) is 0 Å². The molecule has 0 atom stereocenters. The minimum absolute atomic E-state index is 0.372. The summed E-state index contributed by atoms with van der Waals surface area (Å²) in [7, 11) is 0. The van der Waals surface area contributed by atoms with E-state index < -0.39 is 0 Å². The summed E-state index contributed by atoms with van der Waals surface area (Å²) >= 11 is 1.76. The molecule has 0 radical (unpaired) electrons. The van der Waals surface area contributed by atoms with Crippen molar-refractivity contribution < 1.29 is 0 Å². The van der Waals surface area contributed by atoms with Crippen LogP contribution in [0.15, 0.2) is 23.6 Å². The number of benzene rings is 1. The van der Waals surface area contributed by atoms with Crippen LogP contribution >= 0.6 is 11.3 Å². The Hall–Kier alpha value is -1.39. The molecule has 0 saturated carbocycles. The first-order chi connectivity index (χ1) is 10.8. The number of nitrogens with two attached hydrogens (primary N) is 1. The molecule has 1 saturated heterocycles. The second kappa shape index (κ2) is 6.01. The first kappa shape index (κ1) is 14.2. The van der Waals surface area contributed by atoms with Crippen molar-refractivity contribution >= 4 is 16.5 Å². The van der Waals surface area contributed by atoms with Gasteiger partial charge in [-0.3, -0.25) is 0 Å². The van der Waals surface area contributed by atoms with Gasteiger partial charge in [0, 0.05) is 30.1 Å². The number of anilines is 1. The van der Waals surface area contributed by atoms with Crippen LogP contribution in [0.3, 0.4) is 0 Å². The van der Waals surface area contributed by atoms with Crippen LogP contribution in [0.25, 0.3) is 11.3 Å². The lowest BCUT2D eigenvalue weighted by Gasteiger charge is -2.29. The number of nitrogens with zero attached hydrogens (tertiary/aromatic N) is 2. The first-order valence-corrected chi connectivity index (χ1v) is 9.26. The number of aromatic nitrogens is 1. The summed E-state index contributed by atoms with van der Waals surface area (Å²) in [4.78, 5) is 7.27. The predicted molar refractivity (Wildman–Crippen MR) is 93.6 cm³/mol. The molecule has 1 fully saturated rings. The maximum absolute atomic E-state index is 5.99. The summed E-state index contributed by atoms with van der Waals surface area (Å²) in [5.74, 6) is 0. The topological polar surface area (TPSA) is 42.1 Å². The molecule has 0 spiro atoms. The van der Waals surface area contributed by atoms with Crippen molar-refractivity contribution in [1.82, 2.24) is 4.98 Å². The summed E-state index contributed by atoms with van der Waals surface area (Å²) in [5.41, 5.74) is 11.5. The summed E-state index contributed by atoms with van der Waals surface area (Å²) in [6.07, 6.45) is 7.29. The van der Waals surface area contributed by atoms with E-state index in [1.54, 1.807) is 11.3 Å². The molecule has 4 rings (SSSR count). The van der Waals surface area contributed by atoms with E-state index in [9.17, 15) is 0 Å². The van der Waals surface area contributed by atoms with Crippen molar-refractivity contribution in [1.29, 1.82) is 0 Å². The van der Waals surface area contributed by atoms with Crippen molar-refractivity contribution in [3.8, 4) is 11.3 Å². The molecule has 4 heteroatoms. The smallest absolute Gasteiger partial charge is 0.185 e. The molecule has 2 heterocycles. The van der Waals surface area contributed by atoms with Crippen LogP contribution in [0, 0.1) is 0 Å². The minimum atomic E-state index is 0.372. The van der Waals surface area contributed by atoms with E-state index in [4.69, 9.17) is 10.7 Å². The Morgan fingerprint density at radius 1 is 1.09 bits per heavy atom. The van der Waals surface area contributed by atoms with Gasteiger partial charge in [0.2, 0.25) is 0 Å². The average Bonchev–Trinajstić information content (AvgIpc) is 3.05. The Morgan fingerprint density at radius 2 is 1.86 bits per heavy atom. The predicted octanol–water partition coefficient (Wildman–Crippen LogP) is 3.62. The van der Waals surface area contributed by atoms with Gasteiger partial charge in [0.05, 0.1) is 5.69 Å². The van der Waals surface area contributed by atoms with E-state index in [0.717, 1.165) is 36.8 Å². The number of thiazole rings is 1. The minimum Gasteiger partial charge on any atom is -0.348 e. The van der Waals surface area contributed by atoms with Gasteiger partial charge in [-0.15, -0.1) is 11.3 Å². The zero-order valence-corrected chi connectivity index (χ0v) is 13.7. The van der Waals surface area contributed by atoms with Gasteiger partial charge in [-0.2, -0.15) is 0 Å². The number of rotatable bonds is 2. The van der Waals surface area contributed by atoms with Gasteiger partial charge in [0.15, 0.2) is 5.13 Å². The largest absolute Gasteiger partial charge is 0.348 e. The van der Waals surface area contributed by atoms with Crippen LogP contribution < -0.4 is 10.6 Å². The van der Waals surface area contributed by atoms with Crippen LogP contribution in [-0.4, -0.2) is 24.1 Å². The highest BCUT2D eigenvalue weighted by atomic mass is 32.1. The lowest BCUT2D eigenvalue weighted by Crippen LogP contribution is -2.39. The molecule has 0 amide bonds. The molecule has 0 bridgehead atoms. The highest BCUT2D eigenvalue weighted by molar-refractivity contribution is 7.14. The molecule has 2 N–H and O–H groups in total. The fourth-order valence-electron chi connectivity index (χ4n) is 3.53. The maximum Gasteiger partial charge on any atom is 0.185 e. The molecule has 2 aromatic rings. The Balaban J connectivity index is 1.56. The summed E-state index contributed by atoms with van der Waals surface area (Å²) in [6, 6.07) is 7.29. The fourth-order valence-corrected chi connectivity index (χ4v) is 4.41. The number of piperidine rings is 1. The van der Waals surface area contributed by atoms with Gasteiger partial charge in [-0.1, -0.05) is 12.1 Å². The lowest BCUT2D eigenvalue weighted by molar-refractivity contribution is 0.501. The first-order valence-electron chi connectivity index (χ1n) is 8.38. The monoisotopic (exact) mass is 313 g/mol. The van der Waals surface area contributed by atoms with Gasteiger partial charge in [0.1, 0.15) is 0 Å². The molecule has 1 aliphatic heterocycles. The highest BCUT2D eigenvalue weighted by Crippen LogP contribution is 2.31. The van der Waals surface area contributed by atoms with Crippen molar-refractivity contribution in [3.63, 3.8) is 0 Å². The molecule has 1 aromatic heterocycles. The van der Waals surface area contributed by atoms with Gasteiger partial charge < -0.3 is 10.6 Å². The van der Waals surface area contributed by atoms with Crippen LogP contribution in [0.4, 0.5) is 5.13 Å². The van der Waals surface area contributed by atoms with E-state index in [0.29, 0.717) is 6.04 Å². The third kappa shape index (κ3) is 2.77. The summed E-state index contributed by atoms with van der Waals surface area (Å²) < 4.78 is 0. The molecular formula is C18H23N3S. The molecule has 22 heavy (non-hydrogen) atoms. The average molecular weight is 313 g/mol. The van der Waals surface area contributed by atoms with Crippen LogP contribution in [0.5, 0.6) is 0 Å². The fraction of sp³-hybridized carbons (Fsp3) is 0.500. The molecule has 116 valence electrons. The number of hydrogen-bond acceptors (Lipinski definition) is 4. The SMILES string of the molecule is NC1CCN(c2nc(-c3ccc4c(c3)CCCC4)cs2)CC1. The molecule has 2 aliphatic rings. The van der Waals surface area contributed by atoms with Crippen molar-refractivity contribution in [2.45, 2.75) is 44.6 Å². The lowest BCUT2D eigenvalue weighted by atomic mass is 9.90. The molecule has 1 aliphatic carbocycles. The maximum atomic E-state index is 5.99. The molecular weight excluding hydrogens is 290 g/mol. The van der Waals surface area contributed by atoms with Gasteiger partial charge in [-0.05, 0) is 55.7 Å². The quantitative estimate of drug-likeness (QED) is 0.921. The molecule has 1 aromatic carbocycles. The van der Waals surface area contributed by atoms with E-state index >= 15 is 0 Å². The Morgan fingerprint density at radius 3 is 2.68 bits per heavy atom.